The molecule has 0 saturated carbocycles. The molecule has 0 radical (unpaired) electrons. The molecule has 27 heavy (non-hydrogen) atoms. The van der Waals surface area contributed by atoms with Gasteiger partial charge in [0.2, 0.25) is 5.91 Å². The predicted molar refractivity (Wildman–Crippen MR) is 107 cm³/mol. The van der Waals surface area contributed by atoms with E-state index in [0.29, 0.717) is 23.8 Å². The van der Waals surface area contributed by atoms with Gasteiger partial charge in [-0.15, -0.1) is 6.58 Å². The summed E-state index contributed by atoms with van der Waals surface area (Å²) >= 11 is 5.54. The van der Waals surface area contributed by atoms with Crippen LogP contribution >= 0.6 is 12.2 Å². The fourth-order valence-electron chi connectivity index (χ4n) is 2.62. The van der Waals surface area contributed by atoms with Crippen LogP contribution in [-0.2, 0) is 18.0 Å². The fraction of sp³-hybridized carbons (Fsp3) is 0.421. The molecule has 0 aliphatic rings. The van der Waals surface area contributed by atoms with Crippen molar-refractivity contribution in [3.05, 3.63) is 47.5 Å². The minimum Gasteiger partial charge on any atom is -0.350 e. The number of halogens is 1. The van der Waals surface area contributed by atoms with Gasteiger partial charge in [-0.2, -0.15) is 5.10 Å². The summed E-state index contributed by atoms with van der Waals surface area (Å²) in [6.07, 6.45) is 1.73. The number of hydrogen-bond donors (Lipinski definition) is 1. The Bertz CT molecular complexity index is 864. The van der Waals surface area contributed by atoms with Gasteiger partial charge < -0.3 is 5.32 Å². The summed E-state index contributed by atoms with van der Waals surface area (Å²) in [6.45, 7) is 10.6. The molecule has 1 heterocycles. The van der Waals surface area contributed by atoms with Crippen LogP contribution in [0.2, 0.25) is 0 Å². The third-order valence-corrected chi connectivity index (χ3v) is 4.07. The number of amides is 1. The van der Waals surface area contributed by atoms with Crippen molar-refractivity contribution in [2.75, 3.05) is 13.6 Å². The number of allylic oxidation sites excluding steroid dienone is 1. The smallest absolute Gasteiger partial charge is 0.234 e. The van der Waals surface area contributed by atoms with Gasteiger partial charge in [-0.1, -0.05) is 6.08 Å². The molecule has 1 N–H and O–H groups in total. The first-order chi connectivity index (χ1) is 12.6. The van der Waals surface area contributed by atoms with E-state index in [1.165, 1.54) is 12.1 Å². The first kappa shape index (κ1) is 21.0. The first-order valence-electron chi connectivity index (χ1n) is 8.65. The monoisotopic (exact) mass is 391 g/mol. The minimum absolute atomic E-state index is 0.0687. The van der Waals surface area contributed by atoms with Crippen molar-refractivity contribution in [1.29, 1.82) is 0 Å². The maximum atomic E-state index is 13.2. The number of likely N-dealkylation sites (N-methyl/N-ethyl adjacent to an activating group) is 1. The van der Waals surface area contributed by atoms with Gasteiger partial charge in [0, 0.05) is 17.6 Å². The Labute approximate surface area is 164 Å². The Hall–Kier alpha value is -2.32. The van der Waals surface area contributed by atoms with Crippen molar-refractivity contribution in [3.8, 4) is 11.4 Å². The molecule has 0 unspecified atom stereocenters. The van der Waals surface area contributed by atoms with E-state index in [4.69, 9.17) is 12.2 Å². The van der Waals surface area contributed by atoms with E-state index in [1.807, 2.05) is 37.3 Å². The highest BCUT2D eigenvalue weighted by atomic mass is 32.1. The van der Waals surface area contributed by atoms with Crippen LogP contribution in [0.1, 0.15) is 20.8 Å². The molecule has 0 bridgehead atoms. The quantitative estimate of drug-likeness (QED) is 0.582. The molecule has 1 amide bonds. The predicted octanol–water partition coefficient (Wildman–Crippen LogP) is 3.21. The third kappa shape index (κ3) is 5.83. The number of rotatable bonds is 7. The fourth-order valence-corrected chi connectivity index (χ4v) is 2.88. The van der Waals surface area contributed by atoms with Crippen LogP contribution in [0.25, 0.3) is 11.4 Å². The lowest BCUT2D eigenvalue weighted by molar-refractivity contribution is -0.123. The minimum atomic E-state index is -0.309. The van der Waals surface area contributed by atoms with Crippen LogP contribution in [0.4, 0.5) is 4.39 Å². The van der Waals surface area contributed by atoms with Crippen molar-refractivity contribution in [2.45, 2.75) is 39.5 Å². The molecule has 6 nitrogen and oxygen atoms in total. The topological polar surface area (TPSA) is 55.1 Å². The Morgan fingerprint density at radius 1 is 1.37 bits per heavy atom. The van der Waals surface area contributed by atoms with Crippen molar-refractivity contribution >= 4 is 18.1 Å². The number of nitrogens with one attached hydrogen (secondary N) is 1. The number of hydrogen-bond acceptors (Lipinski definition) is 4. The van der Waals surface area contributed by atoms with Crippen LogP contribution in [-0.4, -0.2) is 44.3 Å². The standard InChI is InChI=1S/C19H26FN5OS/c1-6-11-24-17(14-7-9-15(20)10-8-14)22-25(18(24)27)13-23(5)12-16(26)21-19(2,3)4/h6-10H,1,11-13H2,2-5H3,(H,21,26). The average molecular weight is 392 g/mol. The van der Waals surface area contributed by atoms with E-state index in [9.17, 15) is 9.18 Å². The summed E-state index contributed by atoms with van der Waals surface area (Å²) < 4.78 is 17.2. The zero-order valence-corrected chi connectivity index (χ0v) is 17.0. The molecule has 146 valence electrons. The van der Waals surface area contributed by atoms with Gasteiger partial charge in [-0.3, -0.25) is 14.3 Å². The zero-order chi connectivity index (χ0) is 20.2. The summed E-state index contributed by atoms with van der Waals surface area (Å²) in [5.41, 5.74) is 0.478. The number of aromatic nitrogens is 3. The van der Waals surface area contributed by atoms with Crippen LogP contribution in [0.3, 0.4) is 0 Å². The molecule has 0 atom stereocenters. The van der Waals surface area contributed by atoms with Crippen LogP contribution < -0.4 is 5.32 Å². The number of nitrogens with zero attached hydrogens (tertiary/aromatic N) is 4. The summed E-state index contributed by atoms with van der Waals surface area (Å²) in [5.74, 6) is 0.255. The van der Waals surface area contributed by atoms with E-state index in [1.54, 1.807) is 22.9 Å². The molecular weight excluding hydrogens is 365 g/mol. The normalized spacial score (nSPS) is 11.6. The highest BCUT2D eigenvalue weighted by Crippen LogP contribution is 2.19. The van der Waals surface area contributed by atoms with Crippen LogP contribution in [0, 0.1) is 10.6 Å². The molecule has 2 aromatic rings. The van der Waals surface area contributed by atoms with Gasteiger partial charge in [0.05, 0.1) is 13.2 Å². The first-order valence-corrected chi connectivity index (χ1v) is 9.05. The third-order valence-electron chi connectivity index (χ3n) is 3.64. The summed E-state index contributed by atoms with van der Waals surface area (Å²) in [4.78, 5) is 13.9. The Morgan fingerprint density at radius 2 is 2.00 bits per heavy atom. The largest absolute Gasteiger partial charge is 0.350 e. The number of benzene rings is 1. The number of carbonyl (C=O) groups excluding carboxylic acids is 1. The van der Waals surface area contributed by atoms with Gasteiger partial charge in [0.1, 0.15) is 5.82 Å². The molecule has 0 spiro atoms. The molecule has 8 heteroatoms. The zero-order valence-electron chi connectivity index (χ0n) is 16.2. The molecule has 2 rings (SSSR count). The second-order valence-corrected chi connectivity index (χ2v) is 7.83. The molecule has 0 saturated heterocycles. The second-order valence-electron chi connectivity index (χ2n) is 7.47. The van der Waals surface area contributed by atoms with E-state index in [2.05, 4.69) is 17.0 Å². The molecule has 0 aliphatic heterocycles. The Morgan fingerprint density at radius 3 is 2.56 bits per heavy atom. The maximum Gasteiger partial charge on any atom is 0.234 e. The molecule has 0 fully saturated rings. The summed E-state index contributed by atoms with van der Waals surface area (Å²) in [6, 6.07) is 6.10. The van der Waals surface area contributed by atoms with E-state index in [-0.39, 0.29) is 23.8 Å². The van der Waals surface area contributed by atoms with Crippen LogP contribution in [0.5, 0.6) is 0 Å². The lowest BCUT2D eigenvalue weighted by atomic mass is 10.1. The summed E-state index contributed by atoms with van der Waals surface area (Å²) in [5, 5.41) is 7.51. The van der Waals surface area contributed by atoms with Crippen molar-refractivity contribution in [3.63, 3.8) is 0 Å². The Kier molecular flexibility index (Phi) is 6.67. The van der Waals surface area contributed by atoms with Gasteiger partial charge in [-0.05, 0) is 64.3 Å². The SMILES string of the molecule is C=CCn1c(-c2ccc(F)cc2)nn(CN(C)CC(=O)NC(C)(C)C)c1=S. The Balaban J connectivity index is 2.23. The molecule has 0 aliphatic carbocycles. The van der Waals surface area contributed by atoms with Gasteiger partial charge in [0.25, 0.3) is 0 Å². The highest BCUT2D eigenvalue weighted by molar-refractivity contribution is 7.71. The van der Waals surface area contributed by atoms with Gasteiger partial charge in [-0.25, -0.2) is 9.07 Å². The number of carbonyl (C=O) groups is 1. The maximum absolute atomic E-state index is 13.2. The second kappa shape index (κ2) is 8.58. The average Bonchev–Trinajstić information content (AvgIpc) is 2.83. The van der Waals surface area contributed by atoms with E-state index in [0.717, 1.165) is 5.56 Å². The summed E-state index contributed by atoms with van der Waals surface area (Å²) in [7, 11) is 1.83. The van der Waals surface area contributed by atoms with E-state index >= 15 is 0 Å². The van der Waals surface area contributed by atoms with E-state index < -0.39 is 0 Å². The van der Waals surface area contributed by atoms with Crippen molar-refractivity contribution in [1.82, 2.24) is 24.6 Å². The molecule has 1 aromatic carbocycles. The highest BCUT2D eigenvalue weighted by Gasteiger charge is 2.17. The lowest BCUT2D eigenvalue weighted by Crippen LogP contribution is -2.45. The van der Waals surface area contributed by atoms with Crippen molar-refractivity contribution < 1.29 is 9.18 Å². The molecule has 1 aromatic heterocycles. The van der Waals surface area contributed by atoms with Gasteiger partial charge in [0.15, 0.2) is 10.6 Å². The molecular formula is C19H26FN5OS. The van der Waals surface area contributed by atoms with Gasteiger partial charge >= 0.3 is 0 Å². The lowest BCUT2D eigenvalue weighted by Gasteiger charge is -2.23. The van der Waals surface area contributed by atoms with Crippen molar-refractivity contribution in [2.24, 2.45) is 0 Å². The van der Waals surface area contributed by atoms with Crippen LogP contribution in [0.15, 0.2) is 36.9 Å².